The largest absolute Gasteiger partial charge is 0.497 e. The molecule has 8 heteroatoms. The Bertz CT molecular complexity index is 1560. The third kappa shape index (κ3) is 14.8. The Balaban J connectivity index is 1.58. The highest BCUT2D eigenvalue weighted by Gasteiger charge is 2.50. The molecule has 0 aliphatic heterocycles. The minimum Gasteiger partial charge on any atom is -0.497 e. The zero-order valence-corrected chi connectivity index (χ0v) is 35.5. The molecular weight excluding hydrogens is 705 g/mol. The van der Waals surface area contributed by atoms with Gasteiger partial charge in [0.15, 0.2) is 0 Å². The van der Waals surface area contributed by atoms with Crippen LogP contribution in [0.3, 0.4) is 0 Å². The Hall–Kier alpha value is -3.60. The first-order valence-electron chi connectivity index (χ1n) is 19.4. The highest BCUT2D eigenvalue weighted by atomic mass is 28.4. The van der Waals surface area contributed by atoms with Crippen LogP contribution in [0.2, 0.25) is 5.04 Å². The van der Waals surface area contributed by atoms with Crippen molar-refractivity contribution < 1.29 is 33.2 Å². The zero-order valence-electron chi connectivity index (χ0n) is 34.5. The van der Waals surface area contributed by atoms with E-state index in [0.29, 0.717) is 32.8 Å². The van der Waals surface area contributed by atoms with Gasteiger partial charge in [0.2, 0.25) is 0 Å². The van der Waals surface area contributed by atoms with E-state index in [-0.39, 0.29) is 30.0 Å². The van der Waals surface area contributed by atoms with E-state index in [4.69, 9.17) is 28.1 Å². The number of ether oxygens (including phenoxy) is 5. The van der Waals surface area contributed by atoms with Crippen LogP contribution in [0.1, 0.15) is 66.4 Å². The summed E-state index contributed by atoms with van der Waals surface area (Å²) in [7, 11) is 0.653. The van der Waals surface area contributed by atoms with Crippen molar-refractivity contribution in [2.24, 2.45) is 5.92 Å². The van der Waals surface area contributed by atoms with Crippen LogP contribution >= 0.6 is 0 Å². The first-order chi connectivity index (χ1) is 26.4. The lowest BCUT2D eigenvalue weighted by Crippen LogP contribution is -2.66. The molecule has 300 valence electrons. The van der Waals surface area contributed by atoms with E-state index in [2.05, 4.69) is 133 Å². The van der Waals surface area contributed by atoms with Crippen LogP contribution in [-0.2, 0) is 30.0 Å². The molecule has 55 heavy (non-hydrogen) atoms. The van der Waals surface area contributed by atoms with Crippen molar-refractivity contribution in [3.05, 3.63) is 139 Å². The molecule has 3 aromatic rings. The van der Waals surface area contributed by atoms with Crippen molar-refractivity contribution in [2.75, 3.05) is 40.8 Å². The van der Waals surface area contributed by atoms with Gasteiger partial charge in [-0.2, -0.15) is 0 Å². The van der Waals surface area contributed by atoms with Crippen LogP contribution in [0.25, 0.3) is 0 Å². The summed E-state index contributed by atoms with van der Waals surface area (Å²) in [6.07, 6.45) is 11.2. The van der Waals surface area contributed by atoms with Crippen LogP contribution in [0, 0.1) is 5.92 Å². The number of allylic oxidation sites excluding steroid dienone is 3. The molecule has 0 aliphatic carbocycles. The van der Waals surface area contributed by atoms with E-state index in [1.165, 1.54) is 10.4 Å². The van der Waals surface area contributed by atoms with Gasteiger partial charge in [0.05, 0.1) is 45.7 Å². The number of methoxy groups -OCH3 is 2. The monoisotopic (exact) mass is 770 g/mol. The van der Waals surface area contributed by atoms with Gasteiger partial charge in [-0.3, -0.25) is 0 Å². The molecule has 0 saturated heterocycles. The fourth-order valence-electron chi connectivity index (χ4n) is 6.68. The molecule has 7 nitrogen and oxygen atoms in total. The average Bonchev–Trinajstić information content (AvgIpc) is 3.18. The summed E-state index contributed by atoms with van der Waals surface area (Å²) < 4.78 is 35.4. The highest BCUT2D eigenvalue weighted by Crippen LogP contribution is 2.37. The minimum atomic E-state index is -2.64. The fraction of sp³-hybridized carbons (Fsp3) is 0.447. The van der Waals surface area contributed by atoms with E-state index in [1.54, 1.807) is 20.3 Å². The summed E-state index contributed by atoms with van der Waals surface area (Å²) in [4.78, 5) is 0. The quantitative estimate of drug-likeness (QED) is 0.0303. The number of hydrogen-bond acceptors (Lipinski definition) is 7. The molecule has 0 unspecified atom stereocenters. The molecule has 0 fully saturated rings. The molecule has 3 aromatic carbocycles. The highest BCUT2D eigenvalue weighted by molar-refractivity contribution is 6.99. The van der Waals surface area contributed by atoms with Gasteiger partial charge in [0.25, 0.3) is 8.32 Å². The topological polar surface area (TPSA) is 75.6 Å². The summed E-state index contributed by atoms with van der Waals surface area (Å²) in [5, 5.41) is 13.6. The summed E-state index contributed by atoms with van der Waals surface area (Å²) in [5.41, 5.74) is 3.26. The lowest BCUT2D eigenvalue weighted by molar-refractivity contribution is -0.135. The molecule has 4 atom stereocenters. The fourth-order valence-corrected chi connectivity index (χ4v) is 11.3. The van der Waals surface area contributed by atoms with Crippen molar-refractivity contribution in [1.82, 2.24) is 0 Å². The second kappa shape index (κ2) is 24.1. The molecule has 0 aromatic heterocycles. The van der Waals surface area contributed by atoms with E-state index in [0.717, 1.165) is 35.3 Å². The van der Waals surface area contributed by atoms with Crippen molar-refractivity contribution in [1.29, 1.82) is 0 Å². The number of aliphatic hydroxyl groups excluding tert-OH is 1. The number of hydrogen-bond donors (Lipinski definition) is 1. The summed E-state index contributed by atoms with van der Waals surface area (Å²) >= 11 is 0. The first-order valence-corrected chi connectivity index (χ1v) is 21.3. The Labute approximate surface area is 332 Å². The van der Waals surface area contributed by atoms with Crippen LogP contribution in [-0.4, -0.2) is 72.6 Å². The van der Waals surface area contributed by atoms with Crippen molar-refractivity contribution in [2.45, 2.75) is 90.8 Å². The zero-order chi connectivity index (χ0) is 40.1. The maximum atomic E-state index is 11.2. The first kappa shape index (κ1) is 45.8. The van der Waals surface area contributed by atoms with E-state index in [1.807, 2.05) is 24.3 Å². The van der Waals surface area contributed by atoms with Crippen molar-refractivity contribution >= 4 is 18.7 Å². The van der Waals surface area contributed by atoms with E-state index < -0.39 is 14.4 Å². The van der Waals surface area contributed by atoms with Crippen LogP contribution in [0.4, 0.5) is 0 Å². The second-order valence-electron chi connectivity index (χ2n) is 15.2. The van der Waals surface area contributed by atoms with Gasteiger partial charge < -0.3 is 33.2 Å². The lowest BCUT2D eigenvalue weighted by atomic mass is 9.96. The van der Waals surface area contributed by atoms with Crippen molar-refractivity contribution in [3.63, 3.8) is 0 Å². The second-order valence-corrected chi connectivity index (χ2v) is 19.5. The van der Waals surface area contributed by atoms with E-state index in [9.17, 15) is 5.11 Å². The van der Waals surface area contributed by atoms with E-state index >= 15 is 0 Å². The SMILES string of the molecule is C=C[C@H](OCc1ccc(OC)cc1)[C@H](CC/C=C/C=C(\C)C[C@@H](O)[C@H](C)/C=C(\C)CO[Si](c1ccccc1)(c1ccccc1)C(C)(C)C)OCOCCOC. The van der Waals surface area contributed by atoms with Gasteiger partial charge in [-0.05, 0) is 66.2 Å². The van der Waals surface area contributed by atoms with Crippen molar-refractivity contribution in [3.8, 4) is 5.75 Å². The Morgan fingerprint density at radius 1 is 0.855 bits per heavy atom. The summed E-state index contributed by atoms with van der Waals surface area (Å²) in [5.74, 6) is 0.770. The van der Waals surface area contributed by atoms with Gasteiger partial charge in [0.1, 0.15) is 18.6 Å². The smallest absolute Gasteiger partial charge is 0.261 e. The average molecular weight is 771 g/mol. The van der Waals surface area contributed by atoms with Gasteiger partial charge in [-0.1, -0.05) is 142 Å². The molecule has 0 bridgehead atoms. The molecule has 0 spiro atoms. The molecule has 3 rings (SSSR count). The predicted octanol–water partition coefficient (Wildman–Crippen LogP) is 8.96. The maximum absolute atomic E-state index is 11.2. The third-order valence-electron chi connectivity index (χ3n) is 9.75. The molecule has 0 heterocycles. The summed E-state index contributed by atoms with van der Waals surface area (Å²) in [6, 6.07) is 29.2. The number of aliphatic hydroxyl groups is 1. The molecule has 0 radical (unpaired) electrons. The normalized spacial score (nSPS) is 15.1. The predicted molar refractivity (Wildman–Crippen MR) is 229 cm³/mol. The van der Waals surface area contributed by atoms with Gasteiger partial charge in [0, 0.05) is 13.0 Å². The molecule has 0 amide bonds. The van der Waals surface area contributed by atoms with Crippen LogP contribution < -0.4 is 15.1 Å². The summed E-state index contributed by atoms with van der Waals surface area (Å²) in [6.45, 7) is 19.2. The van der Waals surface area contributed by atoms with Gasteiger partial charge >= 0.3 is 0 Å². The standard InChI is InChI=1S/C47H66O7Si/c1-10-45(52-35-40-26-28-41(50-9)29-27-40)46(53-36-51-31-30-49-8)25-19-11-14-20-37(2)33-44(48)39(4)32-38(3)34-54-55(47(5,6)7,42-21-15-12-16-22-42)43-23-17-13-18-24-43/h10-18,20-24,26-29,32,39,44-46,48H,1,19,25,30-31,33-36H2,2-9H3/b14-11+,37-20+,38-32+/t39-,44-,45+,46+/m1/s1. The Kier molecular flexibility index (Phi) is 20.1. The lowest BCUT2D eigenvalue weighted by Gasteiger charge is -2.43. The van der Waals surface area contributed by atoms with Gasteiger partial charge in [-0.25, -0.2) is 0 Å². The molecule has 0 saturated carbocycles. The van der Waals surface area contributed by atoms with Crippen LogP contribution in [0.5, 0.6) is 5.75 Å². The third-order valence-corrected chi connectivity index (χ3v) is 14.7. The number of rotatable bonds is 25. The molecule has 1 N–H and O–H groups in total. The Morgan fingerprint density at radius 2 is 1.49 bits per heavy atom. The molecular formula is C47H66O7Si. The number of benzene rings is 3. The molecule has 0 aliphatic rings. The Morgan fingerprint density at radius 3 is 2.05 bits per heavy atom. The van der Waals surface area contributed by atoms with Gasteiger partial charge in [-0.15, -0.1) is 6.58 Å². The van der Waals surface area contributed by atoms with Crippen LogP contribution in [0.15, 0.2) is 133 Å². The maximum Gasteiger partial charge on any atom is 0.261 e. The minimum absolute atomic E-state index is 0.0344.